The third-order valence-corrected chi connectivity index (χ3v) is 10.1. The Morgan fingerprint density at radius 2 is 1.58 bits per heavy atom. The zero-order valence-electron chi connectivity index (χ0n) is 16.5. The zero-order valence-corrected chi connectivity index (χ0v) is 16.5. The van der Waals surface area contributed by atoms with E-state index in [4.69, 9.17) is 4.74 Å². The summed E-state index contributed by atoms with van der Waals surface area (Å²) in [7, 11) is 0. The molecule has 1 aliphatic heterocycles. The second kappa shape index (κ2) is 5.02. The molecule has 3 heteroatoms. The molecule has 4 fully saturated rings. The quantitative estimate of drug-likeness (QED) is 0.575. The smallest absolute Gasteiger partial charge is 0.306 e. The molecule has 3 saturated carbocycles. The van der Waals surface area contributed by atoms with E-state index in [0.29, 0.717) is 30.5 Å². The lowest BCUT2D eigenvalue weighted by molar-refractivity contribution is -0.178. The van der Waals surface area contributed by atoms with Crippen LogP contribution in [0.4, 0.5) is 0 Å². The maximum atomic E-state index is 12.0. The summed E-state index contributed by atoms with van der Waals surface area (Å²) in [6, 6.07) is 0. The molecule has 6 atom stereocenters. The number of rotatable bonds is 0. The van der Waals surface area contributed by atoms with Gasteiger partial charge in [-0.1, -0.05) is 26.3 Å². The van der Waals surface area contributed by atoms with Gasteiger partial charge in [0.15, 0.2) is 5.78 Å². The number of hydrogen-bond acceptors (Lipinski definition) is 3. The van der Waals surface area contributed by atoms with Gasteiger partial charge in [-0.2, -0.15) is 0 Å². The van der Waals surface area contributed by atoms with Crippen LogP contribution < -0.4 is 0 Å². The first kappa shape index (κ1) is 17.0. The molecule has 0 aromatic heterocycles. The zero-order chi connectivity index (χ0) is 18.4. The summed E-state index contributed by atoms with van der Waals surface area (Å²) in [5, 5.41) is 0. The van der Waals surface area contributed by atoms with E-state index >= 15 is 0 Å². The highest BCUT2D eigenvalue weighted by molar-refractivity contribution is 5.91. The van der Waals surface area contributed by atoms with Crippen LogP contribution in [-0.2, 0) is 14.3 Å². The summed E-state index contributed by atoms with van der Waals surface area (Å²) >= 11 is 0. The Labute approximate surface area is 156 Å². The van der Waals surface area contributed by atoms with E-state index in [1.165, 1.54) is 24.8 Å². The Balaban J connectivity index is 1.54. The number of hydrogen-bond donors (Lipinski definition) is 0. The second-order valence-corrected chi connectivity index (χ2v) is 10.6. The largest absolute Gasteiger partial charge is 0.458 e. The lowest BCUT2D eigenvalue weighted by Gasteiger charge is -2.65. The number of allylic oxidation sites excluding steroid dienone is 1. The Hall–Kier alpha value is -1.12. The number of carbonyl (C=O) groups is 2. The van der Waals surface area contributed by atoms with Crippen LogP contribution in [0.2, 0.25) is 0 Å². The average Bonchev–Trinajstić information content (AvgIpc) is 3.11. The first-order valence-corrected chi connectivity index (χ1v) is 10.7. The van der Waals surface area contributed by atoms with Crippen molar-refractivity contribution in [3.05, 3.63) is 11.6 Å². The molecule has 3 nitrogen and oxygen atoms in total. The average molecular weight is 357 g/mol. The molecule has 3 unspecified atom stereocenters. The van der Waals surface area contributed by atoms with Crippen LogP contribution in [0.5, 0.6) is 0 Å². The topological polar surface area (TPSA) is 43.4 Å². The van der Waals surface area contributed by atoms with Crippen LogP contribution in [0.3, 0.4) is 0 Å². The Morgan fingerprint density at radius 3 is 2.31 bits per heavy atom. The molecule has 0 aromatic rings. The van der Waals surface area contributed by atoms with E-state index in [1.807, 2.05) is 6.08 Å². The molecule has 0 N–H and O–H groups in total. The molecule has 5 aliphatic rings. The fourth-order valence-electron chi connectivity index (χ4n) is 8.22. The SMILES string of the molecule is CC12CC[C@@]3(C)C(CC[C@@]34CCC(=O)O4)C1CCC1=CC(=O)CC[C@@]12C. The predicted molar refractivity (Wildman–Crippen MR) is 99.4 cm³/mol. The van der Waals surface area contributed by atoms with E-state index in [9.17, 15) is 9.59 Å². The maximum Gasteiger partial charge on any atom is 0.306 e. The first-order chi connectivity index (χ1) is 12.2. The number of esters is 1. The van der Waals surface area contributed by atoms with Crippen LogP contribution in [0, 0.1) is 28.1 Å². The van der Waals surface area contributed by atoms with Crippen molar-refractivity contribution >= 4 is 11.8 Å². The molecule has 1 heterocycles. The lowest BCUT2D eigenvalue weighted by atomic mass is 9.40. The van der Waals surface area contributed by atoms with Gasteiger partial charge in [0.25, 0.3) is 0 Å². The van der Waals surface area contributed by atoms with Gasteiger partial charge in [-0.05, 0) is 80.1 Å². The van der Waals surface area contributed by atoms with Crippen molar-refractivity contribution in [2.24, 2.45) is 28.1 Å². The van der Waals surface area contributed by atoms with Crippen molar-refractivity contribution in [3.63, 3.8) is 0 Å². The van der Waals surface area contributed by atoms with Gasteiger partial charge in [-0.3, -0.25) is 9.59 Å². The summed E-state index contributed by atoms with van der Waals surface area (Å²) in [6.45, 7) is 7.40. The van der Waals surface area contributed by atoms with Gasteiger partial charge in [-0.15, -0.1) is 0 Å². The Morgan fingerprint density at radius 1 is 0.846 bits per heavy atom. The molecule has 142 valence electrons. The highest BCUT2D eigenvalue weighted by atomic mass is 16.6. The second-order valence-electron chi connectivity index (χ2n) is 10.6. The summed E-state index contributed by atoms with van der Waals surface area (Å²) in [5.41, 5.74) is 1.83. The van der Waals surface area contributed by atoms with Crippen LogP contribution in [0.1, 0.15) is 85.0 Å². The van der Waals surface area contributed by atoms with Crippen molar-refractivity contribution in [3.8, 4) is 0 Å². The van der Waals surface area contributed by atoms with Crippen molar-refractivity contribution in [1.82, 2.24) is 0 Å². The number of carbonyl (C=O) groups excluding carboxylic acids is 2. The molecule has 1 saturated heterocycles. The third kappa shape index (κ3) is 1.81. The number of ketones is 1. The van der Waals surface area contributed by atoms with Gasteiger partial charge in [0, 0.05) is 18.3 Å². The summed E-state index contributed by atoms with van der Waals surface area (Å²) in [5.74, 6) is 1.70. The standard InChI is InChI=1S/C23H32O3/c1-20-9-6-16(24)14-15(20)4-5-17-18-7-10-23(11-8-19(25)26-23)22(18,3)13-12-21(17,20)2/h14,17-18H,4-13H2,1-3H3/t17?,18?,20-,21?,22-,23+/m0/s1. The van der Waals surface area contributed by atoms with E-state index in [2.05, 4.69) is 20.8 Å². The predicted octanol–water partition coefficient (Wildman–Crippen LogP) is 4.98. The fourth-order valence-corrected chi connectivity index (χ4v) is 8.22. The van der Waals surface area contributed by atoms with Crippen LogP contribution in [-0.4, -0.2) is 17.4 Å². The van der Waals surface area contributed by atoms with Gasteiger partial charge < -0.3 is 4.74 Å². The van der Waals surface area contributed by atoms with Crippen LogP contribution in [0.15, 0.2) is 11.6 Å². The summed E-state index contributed by atoms with van der Waals surface area (Å²) in [4.78, 5) is 24.0. The van der Waals surface area contributed by atoms with Gasteiger partial charge >= 0.3 is 5.97 Å². The Kier molecular flexibility index (Phi) is 3.29. The van der Waals surface area contributed by atoms with E-state index < -0.39 is 0 Å². The molecule has 0 radical (unpaired) electrons. The van der Waals surface area contributed by atoms with Gasteiger partial charge in [0.1, 0.15) is 5.60 Å². The molecule has 4 aliphatic carbocycles. The lowest BCUT2D eigenvalue weighted by Crippen LogP contribution is -2.59. The Bertz CT molecular complexity index is 723. The van der Waals surface area contributed by atoms with E-state index in [1.54, 1.807) is 0 Å². The van der Waals surface area contributed by atoms with E-state index in [-0.39, 0.29) is 27.8 Å². The van der Waals surface area contributed by atoms with Crippen molar-refractivity contribution < 1.29 is 14.3 Å². The molecule has 5 rings (SSSR count). The fraction of sp³-hybridized carbons (Fsp3) is 0.826. The highest BCUT2D eigenvalue weighted by Gasteiger charge is 2.69. The normalized spacial score (nSPS) is 53.0. The minimum Gasteiger partial charge on any atom is -0.458 e. The van der Waals surface area contributed by atoms with Gasteiger partial charge in [0.2, 0.25) is 0 Å². The monoisotopic (exact) mass is 356 g/mol. The van der Waals surface area contributed by atoms with Gasteiger partial charge in [0.05, 0.1) is 0 Å². The molecule has 1 spiro atoms. The van der Waals surface area contributed by atoms with Crippen LogP contribution >= 0.6 is 0 Å². The molecular weight excluding hydrogens is 324 g/mol. The highest BCUT2D eigenvalue weighted by Crippen LogP contribution is 2.73. The minimum absolute atomic E-state index is 0.0202. The van der Waals surface area contributed by atoms with Crippen molar-refractivity contribution in [1.29, 1.82) is 0 Å². The number of ether oxygens (including phenoxy) is 1. The molecule has 26 heavy (non-hydrogen) atoms. The molecule has 0 bridgehead atoms. The van der Waals surface area contributed by atoms with Crippen LogP contribution in [0.25, 0.3) is 0 Å². The minimum atomic E-state index is -0.185. The van der Waals surface area contributed by atoms with E-state index in [0.717, 1.165) is 32.1 Å². The first-order valence-electron chi connectivity index (χ1n) is 10.7. The maximum absolute atomic E-state index is 12.0. The van der Waals surface area contributed by atoms with Crippen molar-refractivity contribution in [2.75, 3.05) is 0 Å². The summed E-state index contributed by atoms with van der Waals surface area (Å²) in [6.07, 6.45) is 12.2. The van der Waals surface area contributed by atoms with Gasteiger partial charge in [-0.25, -0.2) is 0 Å². The summed E-state index contributed by atoms with van der Waals surface area (Å²) < 4.78 is 6.05. The number of fused-ring (bicyclic) bond motifs is 6. The molecule has 0 amide bonds. The third-order valence-electron chi connectivity index (χ3n) is 10.1. The molecular formula is C23H32O3. The van der Waals surface area contributed by atoms with Crippen molar-refractivity contribution in [2.45, 2.75) is 90.6 Å². The molecule has 0 aromatic carbocycles.